The van der Waals surface area contributed by atoms with Gasteiger partial charge in [0.2, 0.25) is 0 Å². The Hall–Kier alpha value is -0.540. The van der Waals surface area contributed by atoms with Gasteiger partial charge in [0.15, 0.2) is 0 Å². The molecule has 0 heterocycles. The van der Waals surface area contributed by atoms with Crippen molar-refractivity contribution in [1.29, 1.82) is 0 Å². The number of rotatable bonds is 4. The van der Waals surface area contributed by atoms with E-state index in [2.05, 4.69) is 61.8 Å². The van der Waals surface area contributed by atoms with Crippen LogP contribution in [-0.4, -0.2) is 23.6 Å². The molecule has 3 unspecified atom stereocenters. The highest BCUT2D eigenvalue weighted by molar-refractivity contribution is 9.09. The maximum Gasteiger partial charge on any atom is 0.127 e. The molecule has 0 spiro atoms. The van der Waals surface area contributed by atoms with Gasteiger partial charge in [-0.05, 0) is 30.9 Å². The Morgan fingerprint density at radius 3 is 2.55 bits per heavy atom. The maximum atomic E-state index is 6.24. The van der Waals surface area contributed by atoms with Gasteiger partial charge in [-0.25, -0.2) is 0 Å². The maximum absolute atomic E-state index is 6.24. The van der Waals surface area contributed by atoms with E-state index >= 15 is 0 Å². The Morgan fingerprint density at radius 1 is 1.30 bits per heavy atom. The third-order valence-corrected chi connectivity index (χ3v) is 4.66. The lowest BCUT2D eigenvalue weighted by molar-refractivity contribution is -0.0728. The molecule has 2 nitrogen and oxygen atoms in total. The van der Waals surface area contributed by atoms with Crippen LogP contribution in [0.3, 0.4) is 0 Å². The Balaban J connectivity index is 2.18. The molecule has 1 saturated carbocycles. The molecule has 3 atom stereocenters. The van der Waals surface area contributed by atoms with Crippen LogP contribution in [0, 0.1) is 6.92 Å². The second-order valence-corrected chi connectivity index (χ2v) is 7.75. The quantitative estimate of drug-likeness (QED) is 0.745. The molecule has 3 heteroatoms. The van der Waals surface area contributed by atoms with Crippen molar-refractivity contribution in [2.24, 2.45) is 0 Å². The van der Waals surface area contributed by atoms with Gasteiger partial charge in [0, 0.05) is 17.9 Å². The molecule has 0 aromatic heterocycles. The van der Waals surface area contributed by atoms with Crippen molar-refractivity contribution in [3.8, 4) is 5.75 Å². The lowest BCUT2D eigenvalue weighted by Gasteiger charge is -2.41. The number of hydrogen-bond donors (Lipinski definition) is 0. The fourth-order valence-electron chi connectivity index (χ4n) is 2.54. The zero-order valence-corrected chi connectivity index (χ0v) is 14.7. The average molecular weight is 341 g/mol. The molecule has 112 valence electrons. The van der Waals surface area contributed by atoms with E-state index < -0.39 is 0 Å². The van der Waals surface area contributed by atoms with Gasteiger partial charge in [-0.15, -0.1) is 0 Å². The first kappa shape index (κ1) is 15.8. The van der Waals surface area contributed by atoms with Crippen molar-refractivity contribution in [2.45, 2.75) is 63.5 Å². The summed E-state index contributed by atoms with van der Waals surface area (Å²) in [4.78, 5) is 0.413. The molecule has 2 rings (SSSR count). The van der Waals surface area contributed by atoms with Crippen LogP contribution in [0.25, 0.3) is 0 Å². The van der Waals surface area contributed by atoms with Crippen molar-refractivity contribution < 1.29 is 9.47 Å². The van der Waals surface area contributed by atoms with Gasteiger partial charge in [-0.2, -0.15) is 0 Å². The fraction of sp³-hybridized carbons (Fsp3) is 0.647. The minimum absolute atomic E-state index is 0.0833. The van der Waals surface area contributed by atoms with E-state index in [9.17, 15) is 0 Å². The topological polar surface area (TPSA) is 18.5 Å². The summed E-state index contributed by atoms with van der Waals surface area (Å²) in [5.41, 5.74) is 2.63. The Kier molecular flexibility index (Phi) is 4.80. The second-order valence-electron chi connectivity index (χ2n) is 6.58. The number of hydrogen-bond acceptors (Lipinski definition) is 2. The summed E-state index contributed by atoms with van der Waals surface area (Å²) in [6.45, 7) is 11.6. The van der Waals surface area contributed by atoms with Crippen LogP contribution >= 0.6 is 15.9 Å². The van der Waals surface area contributed by atoms with Gasteiger partial charge in [0.25, 0.3) is 0 Å². The van der Waals surface area contributed by atoms with Crippen LogP contribution in [0.2, 0.25) is 0 Å². The van der Waals surface area contributed by atoms with Gasteiger partial charge < -0.3 is 9.47 Å². The average Bonchev–Trinajstić information content (AvgIpc) is 2.36. The zero-order valence-electron chi connectivity index (χ0n) is 13.1. The smallest absolute Gasteiger partial charge is 0.127 e. The van der Waals surface area contributed by atoms with Crippen molar-refractivity contribution in [3.63, 3.8) is 0 Å². The monoisotopic (exact) mass is 340 g/mol. The summed E-state index contributed by atoms with van der Waals surface area (Å²) in [5.74, 6) is 0.997. The minimum atomic E-state index is 0.0833. The lowest BCUT2D eigenvalue weighted by atomic mass is 9.85. The molecule has 1 aromatic carbocycles. The molecule has 20 heavy (non-hydrogen) atoms. The highest BCUT2D eigenvalue weighted by atomic mass is 79.9. The van der Waals surface area contributed by atoms with Gasteiger partial charge in [0.05, 0.1) is 0 Å². The molecule has 1 fully saturated rings. The summed E-state index contributed by atoms with van der Waals surface area (Å²) in [6, 6.07) is 6.44. The van der Waals surface area contributed by atoms with E-state index in [4.69, 9.17) is 9.47 Å². The number of halogens is 1. The number of ether oxygens (including phenoxy) is 2. The van der Waals surface area contributed by atoms with Crippen LogP contribution in [0.5, 0.6) is 5.75 Å². The van der Waals surface area contributed by atoms with Crippen molar-refractivity contribution in [3.05, 3.63) is 29.3 Å². The summed E-state index contributed by atoms with van der Waals surface area (Å²) in [7, 11) is 0. The molecule has 1 aromatic rings. The summed E-state index contributed by atoms with van der Waals surface area (Å²) >= 11 is 3.65. The Morgan fingerprint density at radius 2 is 2.00 bits per heavy atom. The molecule has 0 aliphatic heterocycles. The number of alkyl halides is 1. The van der Waals surface area contributed by atoms with E-state index in [0.717, 1.165) is 18.8 Å². The minimum Gasteiger partial charge on any atom is -0.487 e. The highest BCUT2D eigenvalue weighted by Gasteiger charge is 2.42. The third-order valence-electron chi connectivity index (χ3n) is 3.76. The van der Waals surface area contributed by atoms with E-state index in [-0.39, 0.29) is 17.6 Å². The normalized spacial score (nSPS) is 26.2. The summed E-state index contributed by atoms with van der Waals surface area (Å²) in [6.07, 6.45) is 1.32. The van der Waals surface area contributed by atoms with Gasteiger partial charge in [-0.1, -0.05) is 54.4 Å². The second kappa shape index (κ2) is 6.07. The largest absolute Gasteiger partial charge is 0.487 e. The first-order chi connectivity index (χ1) is 9.32. The SMILES string of the molecule is CCOC1C(Br)CC1Oc1ccc(C)cc1C(C)(C)C. The summed E-state index contributed by atoms with van der Waals surface area (Å²) < 4.78 is 12.0. The molecule has 0 saturated heterocycles. The standard InChI is InChI=1S/C17H25BrO2/c1-6-19-16-13(18)10-15(16)20-14-8-7-11(2)9-12(14)17(3,4)5/h7-9,13,15-16H,6,10H2,1-5H3. The zero-order chi connectivity index (χ0) is 14.9. The van der Waals surface area contributed by atoms with Crippen molar-refractivity contribution in [1.82, 2.24) is 0 Å². The molecule has 1 aliphatic rings. The van der Waals surface area contributed by atoms with Crippen LogP contribution in [-0.2, 0) is 10.2 Å². The van der Waals surface area contributed by atoms with E-state index in [1.54, 1.807) is 0 Å². The summed E-state index contributed by atoms with van der Waals surface area (Å²) in [5, 5.41) is 0. The lowest BCUT2D eigenvalue weighted by Crippen LogP contribution is -2.52. The molecule has 0 radical (unpaired) electrons. The first-order valence-corrected chi connectivity index (χ1v) is 8.28. The van der Waals surface area contributed by atoms with Crippen molar-refractivity contribution in [2.75, 3.05) is 6.61 Å². The first-order valence-electron chi connectivity index (χ1n) is 7.36. The fourth-order valence-corrected chi connectivity index (χ4v) is 3.40. The molecular weight excluding hydrogens is 316 g/mol. The predicted molar refractivity (Wildman–Crippen MR) is 87.0 cm³/mol. The molecule has 1 aliphatic carbocycles. The van der Waals surface area contributed by atoms with Gasteiger partial charge in [-0.3, -0.25) is 0 Å². The highest BCUT2D eigenvalue weighted by Crippen LogP contribution is 2.38. The van der Waals surface area contributed by atoms with Gasteiger partial charge in [0.1, 0.15) is 18.0 Å². The van der Waals surface area contributed by atoms with Crippen molar-refractivity contribution >= 4 is 15.9 Å². The van der Waals surface area contributed by atoms with E-state index in [0.29, 0.717) is 4.83 Å². The van der Waals surface area contributed by atoms with Crippen LogP contribution in [0.1, 0.15) is 45.2 Å². The van der Waals surface area contributed by atoms with E-state index in [1.807, 2.05) is 6.92 Å². The molecule has 0 bridgehead atoms. The number of aryl methyl sites for hydroxylation is 1. The molecular formula is C17H25BrO2. The molecule has 0 N–H and O–H groups in total. The Bertz CT molecular complexity index is 465. The Labute approximate surface area is 131 Å². The third kappa shape index (κ3) is 3.37. The van der Waals surface area contributed by atoms with E-state index in [1.165, 1.54) is 11.1 Å². The van der Waals surface area contributed by atoms with Crippen LogP contribution in [0.4, 0.5) is 0 Å². The molecule has 0 amide bonds. The van der Waals surface area contributed by atoms with Crippen LogP contribution in [0.15, 0.2) is 18.2 Å². The van der Waals surface area contributed by atoms with Crippen LogP contribution < -0.4 is 4.74 Å². The number of benzene rings is 1. The van der Waals surface area contributed by atoms with Gasteiger partial charge >= 0.3 is 0 Å². The predicted octanol–water partition coefficient (Wildman–Crippen LogP) is 4.61.